The SMILES string of the molecule is CC(=O)c1c(O)cc(OCCO)cc1OCCO. The fourth-order valence-corrected chi connectivity index (χ4v) is 1.45. The second-order valence-electron chi connectivity index (χ2n) is 3.52. The molecule has 0 unspecified atom stereocenters. The highest BCUT2D eigenvalue weighted by Crippen LogP contribution is 2.33. The second-order valence-corrected chi connectivity index (χ2v) is 3.52. The summed E-state index contributed by atoms with van der Waals surface area (Å²) in [5.41, 5.74) is 0.0415. The van der Waals surface area contributed by atoms with E-state index in [1.54, 1.807) is 0 Å². The van der Waals surface area contributed by atoms with Gasteiger partial charge in [0.1, 0.15) is 36.0 Å². The maximum Gasteiger partial charge on any atom is 0.167 e. The largest absolute Gasteiger partial charge is 0.507 e. The van der Waals surface area contributed by atoms with Crippen molar-refractivity contribution >= 4 is 5.78 Å². The predicted molar refractivity (Wildman–Crippen MR) is 63.3 cm³/mol. The highest BCUT2D eigenvalue weighted by Gasteiger charge is 2.16. The summed E-state index contributed by atoms with van der Waals surface area (Å²) >= 11 is 0. The molecule has 0 aromatic heterocycles. The normalized spacial score (nSPS) is 10.2. The third-order valence-electron chi connectivity index (χ3n) is 2.12. The van der Waals surface area contributed by atoms with E-state index in [1.807, 2.05) is 0 Å². The molecule has 6 nitrogen and oxygen atoms in total. The van der Waals surface area contributed by atoms with Crippen LogP contribution < -0.4 is 9.47 Å². The molecule has 0 fully saturated rings. The lowest BCUT2D eigenvalue weighted by Gasteiger charge is -2.13. The van der Waals surface area contributed by atoms with Crippen molar-refractivity contribution in [2.45, 2.75) is 6.92 Å². The minimum absolute atomic E-state index is 0.00315. The van der Waals surface area contributed by atoms with Gasteiger partial charge in [-0.05, 0) is 6.92 Å². The van der Waals surface area contributed by atoms with Crippen LogP contribution in [-0.4, -0.2) is 47.5 Å². The molecule has 0 radical (unpaired) electrons. The average molecular weight is 256 g/mol. The number of aromatic hydroxyl groups is 1. The Morgan fingerprint density at radius 2 is 1.78 bits per heavy atom. The third-order valence-corrected chi connectivity index (χ3v) is 2.12. The van der Waals surface area contributed by atoms with Gasteiger partial charge in [0.25, 0.3) is 0 Å². The predicted octanol–water partition coefficient (Wildman–Crippen LogP) is 0.337. The van der Waals surface area contributed by atoms with E-state index in [0.29, 0.717) is 0 Å². The van der Waals surface area contributed by atoms with Gasteiger partial charge in [-0.2, -0.15) is 0 Å². The number of aliphatic hydroxyl groups excluding tert-OH is 2. The highest BCUT2D eigenvalue weighted by atomic mass is 16.5. The monoisotopic (exact) mass is 256 g/mol. The summed E-state index contributed by atoms with van der Waals surface area (Å²) in [5.74, 6) is -0.191. The molecule has 0 atom stereocenters. The van der Waals surface area contributed by atoms with E-state index >= 15 is 0 Å². The Kier molecular flexibility index (Phi) is 5.41. The van der Waals surface area contributed by atoms with Crippen molar-refractivity contribution in [3.63, 3.8) is 0 Å². The molecule has 1 aromatic rings. The van der Waals surface area contributed by atoms with Crippen LogP contribution in [0.5, 0.6) is 17.2 Å². The number of ether oxygens (including phenoxy) is 2. The zero-order valence-corrected chi connectivity index (χ0v) is 10.0. The molecule has 0 amide bonds. The van der Waals surface area contributed by atoms with Crippen molar-refractivity contribution in [2.24, 2.45) is 0 Å². The molecule has 3 N–H and O–H groups in total. The Morgan fingerprint density at radius 1 is 1.17 bits per heavy atom. The van der Waals surface area contributed by atoms with E-state index < -0.39 is 0 Å². The highest BCUT2D eigenvalue weighted by molar-refractivity contribution is 5.99. The number of carbonyl (C=O) groups is 1. The minimum Gasteiger partial charge on any atom is -0.507 e. The number of benzene rings is 1. The number of phenols is 1. The molecule has 1 rings (SSSR count). The van der Waals surface area contributed by atoms with Crippen LogP contribution in [0.4, 0.5) is 0 Å². The van der Waals surface area contributed by atoms with Crippen LogP contribution in [-0.2, 0) is 0 Å². The number of phenolic OH excluding ortho intramolecular Hbond substituents is 1. The summed E-state index contributed by atoms with van der Waals surface area (Å²) in [6.07, 6.45) is 0. The quantitative estimate of drug-likeness (QED) is 0.609. The first kappa shape index (κ1) is 14.3. The van der Waals surface area contributed by atoms with Crippen molar-refractivity contribution in [1.82, 2.24) is 0 Å². The molecule has 0 spiro atoms. The van der Waals surface area contributed by atoms with Gasteiger partial charge in [-0.25, -0.2) is 0 Å². The van der Waals surface area contributed by atoms with Gasteiger partial charge >= 0.3 is 0 Å². The Hall–Kier alpha value is -1.79. The minimum atomic E-state index is -0.353. The van der Waals surface area contributed by atoms with Gasteiger partial charge in [0, 0.05) is 12.1 Å². The Bertz CT molecular complexity index is 415. The van der Waals surface area contributed by atoms with Gasteiger partial charge in [0.2, 0.25) is 0 Å². The van der Waals surface area contributed by atoms with E-state index in [2.05, 4.69) is 0 Å². The van der Waals surface area contributed by atoms with Gasteiger partial charge in [0.15, 0.2) is 5.78 Å². The van der Waals surface area contributed by atoms with Crippen LogP contribution in [0.1, 0.15) is 17.3 Å². The van der Waals surface area contributed by atoms with Crippen LogP contribution >= 0.6 is 0 Å². The van der Waals surface area contributed by atoms with Crippen LogP contribution in [0.15, 0.2) is 12.1 Å². The van der Waals surface area contributed by atoms with E-state index in [-0.39, 0.29) is 55.0 Å². The van der Waals surface area contributed by atoms with Gasteiger partial charge in [-0.1, -0.05) is 0 Å². The van der Waals surface area contributed by atoms with Crippen molar-refractivity contribution in [1.29, 1.82) is 0 Å². The van der Waals surface area contributed by atoms with Crippen molar-refractivity contribution < 1.29 is 29.6 Å². The summed E-state index contributed by atoms with van der Waals surface area (Å²) in [6, 6.07) is 2.71. The molecule has 0 saturated carbocycles. The summed E-state index contributed by atoms with van der Waals surface area (Å²) in [6.45, 7) is 0.998. The molecular formula is C12H16O6. The van der Waals surface area contributed by atoms with Gasteiger partial charge in [0.05, 0.1) is 13.2 Å². The lowest BCUT2D eigenvalue weighted by atomic mass is 10.1. The van der Waals surface area contributed by atoms with E-state index in [1.165, 1.54) is 19.1 Å². The molecule has 0 bridgehead atoms. The van der Waals surface area contributed by atoms with Crippen molar-refractivity contribution in [3.05, 3.63) is 17.7 Å². The molecule has 0 aliphatic carbocycles. The summed E-state index contributed by atoms with van der Waals surface area (Å²) in [5, 5.41) is 27.1. The molecule has 6 heteroatoms. The zero-order chi connectivity index (χ0) is 13.5. The first-order valence-corrected chi connectivity index (χ1v) is 5.45. The number of hydrogen-bond donors (Lipinski definition) is 3. The maximum absolute atomic E-state index is 11.4. The van der Waals surface area contributed by atoms with Gasteiger partial charge in [-0.3, -0.25) is 4.79 Å². The molecule has 0 aliphatic rings. The average Bonchev–Trinajstić information content (AvgIpc) is 2.32. The molecule has 0 heterocycles. The van der Waals surface area contributed by atoms with E-state index in [0.717, 1.165) is 0 Å². The van der Waals surface area contributed by atoms with Crippen molar-refractivity contribution in [3.8, 4) is 17.2 Å². The van der Waals surface area contributed by atoms with Crippen molar-refractivity contribution in [2.75, 3.05) is 26.4 Å². The fraction of sp³-hybridized carbons (Fsp3) is 0.417. The van der Waals surface area contributed by atoms with Crippen LogP contribution in [0.25, 0.3) is 0 Å². The smallest absolute Gasteiger partial charge is 0.167 e. The molecular weight excluding hydrogens is 240 g/mol. The summed E-state index contributed by atoms with van der Waals surface area (Å²) < 4.78 is 10.3. The Labute approximate surface area is 104 Å². The first-order chi connectivity index (χ1) is 8.60. The number of ketones is 1. The summed E-state index contributed by atoms with van der Waals surface area (Å²) in [7, 11) is 0. The standard InChI is InChI=1S/C12H16O6/c1-8(15)12-10(16)6-9(17-4-2-13)7-11(12)18-5-3-14/h6-7,13-14,16H,2-5H2,1H3. The third kappa shape index (κ3) is 3.61. The number of Topliss-reactive ketones (excluding diaryl/α,β-unsaturated/α-hetero) is 1. The zero-order valence-electron chi connectivity index (χ0n) is 10.0. The fourth-order valence-electron chi connectivity index (χ4n) is 1.45. The number of aliphatic hydroxyl groups is 2. The lowest BCUT2D eigenvalue weighted by molar-refractivity contribution is 0.100. The van der Waals surface area contributed by atoms with E-state index in [4.69, 9.17) is 19.7 Å². The summed E-state index contributed by atoms with van der Waals surface area (Å²) in [4.78, 5) is 11.4. The maximum atomic E-state index is 11.4. The number of carbonyl (C=O) groups excluding carboxylic acids is 1. The lowest BCUT2D eigenvalue weighted by Crippen LogP contribution is -2.07. The van der Waals surface area contributed by atoms with Gasteiger partial charge < -0.3 is 24.8 Å². The molecule has 0 aliphatic heterocycles. The number of rotatable bonds is 7. The Morgan fingerprint density at radius 3 is 2.33 bits per heavy atom. The molecule has 0 saturated heterocycles. The van der Waals surface area contributed by atoms with Crippen LogP contribution in [0.3, 0.4) is 0 Å². The molecule has 1 aromatic carbocycles. The first-order valence-electron chi connectivity index (χ1n) is 5.45. The van der Waals surface area contributed by atoms with Crippen LogP contribution in [0.2, 0.25) is 0 Å². The Balaban J connectivity index is 3.06. The van der Waals surface area contributed by atoms with Crippen LogP contribution in [0, 0.1) is 0 Å². The van der Waals surface area contributed by atoms with Gasteiger partial charge in [-0.15, -0.1) is 0 Å². The second kappa shape index (κ2) is 6.83. The molecule has 18 heavy (non-hydrogen) atoms. The topological polar surface area (TPSA) is 96.2 Å². The van der Waals surface area contributed by atoms with E-state index in [9.17, 15) is 9.90 Å². The number of hydrogen-bond acceptors (Lipinski definition) is 6. The molecule has 100 valence electrons.